The lowest BCUT2D eigenvalue weighted by atomic mass is 10.0. The van der Waals surface area contributed by atoms with Crippen molar-refractivity contribution in [2.24, 2.45) is 0 Å². The Kier molecular flexibility index (Phi) is 6.49. The molecule has 0 aliphatic rings. The number of carbonyl (C=O) groups excluding carboxylic acids is 3. The zero-order valence-electron chi connectivity index (χ0n) is 15.0. The first-order chi connectivity index (χ1) is 12.4. The Hall–Kier alpha value is -3.15. The number of ether oxygens (including phenoxy) is 1. The summed E-state index contributed by atoms with van der Waals surface area (Å²) in [5.41, 5.74) is 2.56. The van der Waals surface area contributed by atoms with Crippen LogP contribution in [0.1, 0.15) is 40.9 Å². The number of aryl methyl sites for hydroxylation is 1. The summed E-state index contributed by atoms with van der Waals surface area (Å²) in [7, 11) is 1.30. The highest BCUT2D eigenvalue weighted by Crippen LogP contribution is 2.21. The molecule has 0 saturated carbocycles. The van der Waals surface area contributed by atoms with Gasteiger partial charge in [-0.15, -0.1) is 0 Å². The minimum atomic E-state index is -0.471. The van der Waals surface area contributed by atoms with E-state index in [0.717, 1.165) is 11.1 Å². The van der Waals surface area contributed by atoms with E-state index >= 15 is 0 Å². The first-order valence-corrected chi connectivity index (χ1v) is 8.21. The summed E-state index contributed by atoms with van der Waals surface area (Å²) in [6, 6.07) is 13.8. The lowest BCUT2D eigenvalue weighted by molar-refractivity contribution is -0.120. The maximum atomic E-state index is 12.5. The molecule has 2 N–H and O–H groups in total. The van der Waals surface area contributed by atoms with E-state index in [-0.39, 0.29) is 18.2 Å². The number of rotatable bonds is 6. The molecule has 1 atom stereocenters. The van der Waals surface area contributed by atoms with Crippen LogP contribution >= 0.6 is 0 Å². The van der Waals surface area contributed by atoms with Gasteiger partial charge in [0.15, 0.2) is 0 Å². The zero-order chi connectivity index (χ0) is 19.1. The molecule has 0 aliphatic carbocycles. The fraction of sp³-hybridized carbons (Fsp3) is 0.250. The van der Waals surface area contributed by atoms with Crippen molar-refractivity contribution in [3.05, 3.63) is 65.2 Å². The number of hydrogen-bond donors (Lipinski definition) is 2. The number of hydrogen-bond acceptors (Lipinski definition) is 4. The van der Waals surface area contributed by atoms with Crippen LogP contribution in [0.5, 0.6) is 0 Å². The van der Waals surface area contributed by atoms with Crippen LogP contribution < -0.4 is 10.6 Å². The average Bonchev–Trinajstić information content (AvgIpc) is 2.62. The molecular formula is C20H22N2O4. The molecule has 6 heteroatoms. The average molecular weight is 354 g/mol. The van der Waals surface area contributed by atoms with E-state index in [1.807, 2.05) is 37.3 Å². The number of carbonyl (C=O) groups is 3. The molecule has 0 radical (unpaired) electrons. The number of methoxy groups -OCH3 is 1. The predicted molar refractivity (Wildman–Crippen MR) is 98.8 cm³/mol. The molecule has 2 aromatic rings. The summed E-state index contributed by atoms with van der Waals surface area (Å²) >= 11 is 0. The second-order valence-corrected chi connectivity index (χ2v) is 5.94. The highest BCUT2D eigenvalue weighted by Gasteiger charge is 2.18. The van der Waals surface area contributed by atoms with Gasteiger partial charge >= 0.3 is 5.97 Å². The Labute approximate surface area is 152 Å². The molecule has 2 aromatic carbocycles. The molecule has 0 spiro atoms. The van der Waals surface area contributed by atoms with E-state index in [4.69, 9.17) is 4.74 Å². The van der Waals surface area contributed by atoms with Gasteiger partial charge in [-0.05, 0) is 30.2 Å². The van der Waals surface area contributed by atoms with Gasteiger partial charge in [0.05, 0.1) is 25.1 Å². The SMILES string of the molecule is COC(=O)c1ccc(C)c(NC(=O)C[C@@H](NC(C)=O)c2ccccc2)c1. The van der Waals surface area contributed by atoms with Crippen LogP contribution in [0.3, 0.4) is 0 Å². The van der Waals surface area contributed by atoms with Gasteiger partial charge < -0.3 is 15.4 Å². The molecule has 2 rings (SSSR count). The van der Waals surface area contributed by atoms with E-state index in [2.05, 4.69) is 10.6 Å². The molecule has 26 heavy (non-hydrogen) atoms. The molecule has 0 fully saturated rings. The van der Waals surface area contributed by atoms with Gasteiger partial charge in [0.25, 0.3) is 0 Å². The maximum absolute atomic E-state index is 12.5. The van der Waals surface area contributed by atoms with Gasteiger partial charge in [0.2, 0.25) is 11.8 Å². The normalized spacial score (nSPS) is 11.3. The van der Waals surface area contributed by atoms with E-state index in [1.54, 1.807) is 18.2 Å². The second kappa shape index (κ2) is 8.80. The van der Waals surface area contributed by atoms with Crippen molar-refractivity contribution in [1.29, 1.82) is 0 Å². The Morgan fingerprint density at radius 2 is 1.77 bits per heavy atom. The van der Waals surface area contributed by atoms with Crippen molar-refractivity contribution in [3.8, 4) is 0 Å². The Bertz CT molecular complexity index is 803. The summed E-state index contributed by atoms with van der Waals surface area (Å²) in [4.78, 5) is 35.6. The minimum absolute atomic E-state index is 0.0749. The molecule has 0 bridgehead atoms. The number of esters is 1. The van der Waals surface area contributed by atoms with Gasteiger partial charge in [-0.3, -0.25) is 9.59 Å². The minimum Gasteiger partial charge on any atom is -0.465 e. The lowest BCUT2D eigenvalue weighted by Gasteiger charge is -2.18. The highest BCUT2D eigenvalue weighted by atomic mass is 16.5. The quantitative estimate of drug-likeness (QED) is 0.781. The largest absolute Gasteiger partial charge is 0.465 e. The van der Waals surface area contributed by atoms with Gasteiger partial charge in [-0.1, -0.05) is 36.4 Å². The van der Waals surface area contributed by atoms with Crippen molar-refractivity contribution >= 4 is 23.5 Å². The van der Waals surface area contributed by atoms with Crippen LogP contribution in [0.25, 0.3) is 0 Å². The van der Waals surface area contributed by atoms with Crippen LogP contribution in [0, 0.1) is 6.92 Å². The molecule has 0 aliphatic heterocycles. The summed E-state index contributed by atoms with van der Waals surface area (Å²) in [6.07, 6.45) is 0.0749. The first-order valence-electron chi connectivity index (χ1n) is 8.21. The van der Waals surface area contributed by atoms with Crippen LogP contribution in [0.2, 0.25) is 0 Å². The molecule has 0 saturated heterocycles. The van der Waals surface area contributed by atoms with Crippen LogP contribution in [0.4, 0.5) is 5.69 Å². The van der Waals surface area contributed by atoms with Gasteiger partial charge in [0.1, 0.15) is 0 Å². The standard InChI is InChI=1S/C20H22N2O4/c1-13-9-10-16(20(25)26-3)11-17(13)22-19(24)12-18(21-14(2)23)15-7-5-4-6-8-15/h4-11,18H,12H2,1-3H3,(H,21,23)(H,22,24)/t18-/m1/s1. The molecule has 2 amide bonds. The fourth-order valence-corrected chi connectivity index (χ4v) is 2.57. The zero-order valence-corrected chi connectivity index (χ0v) is 15.0. The Balaban J connectivity index is 2.15. The van der Waals surface area contributed by atoms with E-state index in [0.29, 0.717) is 11.3 Å². The van der Waals surface area contributed by atoms with Gasteiger partial charge in [-0.2, -0.15) is 0 Å². The highest BCUT2D eigenvalue weighted by molar-refractivity contribution is 5.95. The van der Waals surface area contributed by atoms with Crippen molar-refractivity contribution in [3.63, 3.8) is 0 Å². The van der Waals surface area contributed by atoms with Crippen molar-refractivity contribution in [1.82, 2.24) is 5.32 Å². The summed E-state index contributed by atoms with van der Waals surface area (Å²) in [5, 5.41) is 5.60. The third-order valence-corrected chi connectivity index (χ3v) is 3.90. The number of benzene rings is 2. The monoisotopic (exact) mass is 354 g/mol. The van der Waals surface area contributed by atoms with E-state index in [9.17, 15) is 14.4 Å². The first kappa shape index (κ1) is 19.2. The third-order valence-electron chi connectivity index (χ3n) is 3.90. The molecular weight excluding hydrogens is 332 g/mol. The Morgan fingerprint density at radius 1 is 1.08 bits per heavy atom. The van der Waals surface area contributed by atoms with Crippen molar-refractivity contribution in [2.45, 2.75) is 26.3 Å². The van der Waals surface area contributed by atoms with Crippen LogP contribution in [-0.2, 0) is 14.3 Å². The summed E-state index contributed by atoms with van der Waals surface area (Å²) in [6.45, 7) is 3.25. The van der Waals surface area contributed by atoms with Crippen molar-refractivity contribution in [2.75, 3.05) is 12.4 Å². The maximum Gasteiger partial charge on any atom is 0.337 e. The van der Waals surface area contributed by atoms with Crippen LogP contribution in [0.15, 0.2) is 48.5 Å². The molecule has 6 nitrogen and oxygen atoms in total. The van der Waals surface area contributed by atoms with E-state index in [1.165, 1.54) is 14.0 Å². The fourth-order valence-electron chi connectivity index (χ4n) is 2.57. The van der Waals surface area contributed by atoms with Gasteiger partial charge in [-0.25, -0.2) is 4.79 Å². The smallest absolute Gasteiger partial charge is 0.337 e. The number of amides is 2. The lowest BCUT2D eigenvalue weighted by Crippen LogP contribution is -2.29. The van der Waals surface area contributed by atoms with Crippen LogP contribution in [-0.4, -0.2) is 24.9 Å². The number of nitrogens with one attached hydrogen (secondary N) is 2. The third kappa shape index (κ3) is 5.17. The molecule has 0 aromatic heterocycles. The number of anilines is 1. The summed E-state index contributed by atoms with van der Waals surface area (Å²) in [5.74, 6) is -0.950. The Morgan fingerprint density at radius 3 is 2.38 bits per heavy atom. The van der Waals surface area contributed by atoms with Gasteiger partial charge in [0, 0.05) is 12.6 Å². The summed E-state index contributed by atoms with van der Waals surface area (Å²) < 4.78 is 4.70. The van der Waals surface area contributed by atoms with E-state index < -0.39 is 12.0 Å². The predicted octanol–water partition coefficient (Wildman–Crippen LogP) is 2.99. The molecule has 136 valence electrons. The van der Waals surface area contributed by atoms with Crippen molar-refractivity contribution < 1.29 is 19.1 Å². The topological polar surface area (TPSA) is 84.5 Å². The second-order valence-electron chi connectivity index (χ2n) is 5.94. The molecule has 0 unspecified atom stereocenters. The molecule has 0 heterocycles.